The standard InChI is InChI=1S/C18H17FINO3S/c1-9-16(18(24)21-7-13(23)8-21)15(25-17(9)10(2)22)5-11-3-4-12(20)6-14(11)19/h3-4,6,13,23H,5,7-8H2,1-2H3. The van der Waals surface area contributed by atoms with Gasteiger partial charge in [0.2, 0.25) is 0 Å². The predicted molar refractivity (Wildman–Crippen MR) is 103 cm³/mol. The lowest BCUT2D eigenvalue weighted by molar-refractivity contribution is 0.00582. The molecule has 3 rings (SSSR count). The van der Waals surface area contributed by atoms with Gasteiger partial charge in [-0.2, -0.15) is 0 Å². The first kappa shape index (κ1) is 18.5. The van der Waals surface area contributed by atoms with Gasteiger partial charge in [-0.3, -0.25) is 9.59 Å². The van der Waals surface area contributed by atoms with Crippen LogP contribution in [0.3, 0.4) is 0 Å². The first-order chi connectivity index (χ1) is 11.8. The quantitative estimate of drug-likeness (QED) is 0.547. The van der Waals surface area contributed by atoms with Crippen LogP contribution >= 0.6 is 33.9 Å². The minimum Gasteiger partial charge on any atom is -0.389 e. The Morgan fingerprint density at radius 3 is 2.64 bits per heavy atom. The number of rotatable bonds is 4. The number of halogens is 2. The number of aliphatic hydroxyl groups is 1. The predicted octanol–water partition coefficient (Wildman–Crippen LogP) is 3.41. The van der Waals surface area contributed by atoms with Crippen molar-refractivity contribution in [2.45, 2.75) is 26.4 Å². The number of aliphatic hydroxyl groups excluding tert-OH is 1. The summed E-state index contributed by atoms with van der Waals surface area (Å²) in [6.45, 7) is 3.81. The molecule has 1 aliphatic rings. The van der Waals surface area contributed by atoms with Crippen LogP contribution in [-0.4, -0.2) is 40.9 Å². The lowest BCUT2D eigenvalue weighted by Crippen LogP contribution is -2.53. The zero-order valence-electron chi connectivity index (χ0n) is 13.8. The summed E-state index contributed by atoms with van der Waals surface area (Å²) >= 11 is 3.30. The second kappa shape index (κ2) is 7.13. The van der Waals surface area contributed by atoms with E-state index in [4.69, 9.17) is 0 Å². The molecule has 0 atom stereocenters. The lowest BCUT2D eigenvalue weighted by Gasteiger charge is -2.36. The van der Waals surface area contributed by atoms with Crippen molar-refractivity contribution in [1.29, 1.82) is 0 Å². The summed E-state index contributed by atoms with van der Waals surface area (Å²) in [6.07, 6.45) is -0.230. The zero-order valence-corrected chi connectivity index (χ0v) is 16.8. The number of amides is 1. The fraction of sp³-hybridized carbons (Fsp3) is 0.333. The molecule has 1 saturated heterocycles. The molecular weight excluding hydrogens is 456 g/mol. The van der Waals surface area contributed by atoms with Crippen LogP contribution in [0.15, 0.2) is 18.2 Å². The van der Waals surface area contributed by atoms with E-state index in [1.165, 1.54) is 24.3 Å². The number of thiophene rings is 1. The molecule has 1 N–H and O–H groups in total. The van der Waals surface area contributed by atoms with E-state index in [1.54, 1.807) is 17.9 Å². The molecule has 2 aromatic rings. The molecule has 1 aromatic carbocycles. The van der Waals surface area contributed by atoms with Crippen LogP contribution in [0.2, 0.25) is 0 Å². The van der Waals surface area contributed by atoms with Gasteiger partial charge in [-0.15, -0.1) is 11.3 Å². The number of Topliss-reactive ketones (excluding diaryl/α,β-unsaturated/α-hetero) is 1. The van der Waals surface area contributed by atoms with Gasteiger partial charge < -0.3 is 10.0 Å². The second-order valence-electron chi connectivity index (χ2n) is 6.19. The van der Waals surface area contributed by atoms with Crippen molar-refractivity contribution in [3.8, 4) is 0 Å². The van der Waals surface area contributed by atoms with Gasteiger partial charge in [-0.05, 0) is 59.7 Å². The highest BCUT2D eigenvalue weighted by Gasteiger charge is 2.33. The highest BCUT2D eigenvalue weighted by Crippen LogP contribution is 2.33. The number of hydrogen-bond acceptors (Lipinski definition) is 4. The van der Waals surface area contributed by atoms with Crippen molar-refractivity contribution in [1.82, 2.24) is 4.90 Å². The first-order valence-electron chi connectivity index (χ1n) is 7.82. The minimum absolute atomic E-state index is 0.102. The fourth-order valence-electron chi connectivity index (χ4n) is 2.93. The number of carbonyl (C=O) groups is 2. The summed E-state index contributed by atoms with van der Waals surface area (Å²) in [7, 11) is 0. The number of hydrogen-bond donors (Lipinski definition) is 1. The molecule has 0 bridgehead atoms. The molecule has 4 nitrogen and oxygen atoms in total. The van der Waals surface area contributed by atoms with Gasteiger partial charge in [-0.1, -0.05) is 6.07 Å². The largest absolute Gasteiger partial charge is 0.389 e. The van der Waals surface area contributed by atoms with Crippen molar-refractivity contribution in [3.05, 3.63) is 54.0 Å². The summed E-state index contributed by atoms with van der Waals surface area (Å²) in [5, 5.41) is 9.45. The molecule has 0 radical (unpaired) electrons. The molecular formula is C18H17FINO3S. The van der Waals surface area contributed by atoms with E-state index in [2.05, 4.69) is 0 Å². The number of benzene rings is 1. The van der Waals surface area contributed by atoms with Gasteiger partial charge in [0.1, 0.15) is 5.82 Å². The summed E-state index contributed by atoms with van der Waals surface area (Å²) < 4.78 is 15.0. The Balaban J connectivity index is 2.01. The first-order valence-corrected chi connectivity index (χ1v) is 9.72. The van der Waals surface area contributed by atoms with Crippen LogP contribution in [0, 0.1) is 16.3 Å². The summed E-state index contributed by atoms with van der Waals surface area (Å²) in [6, 6.07) is 4.98. The van der Waals surface area contributed by atoms with Crippen LogP contribution < -0.4 is 0 Å². The molecule has 0 unspecified atom stereocenters. The van der Waals surface area contributed by atoms with E-state index in [0.29, 0.717) is 39.5 Å². The number of likely N-dealkylation sites (tertiary alicyclic amines) is 1. The highest BCUT2D eigenvalue weighted by atomic mass is 127. The summed E-state index contributed by atoms with van der Waals surface area (Å²) in [5.41, 5.74) is 1.61. The maximum atomic E-state index is 14.2. The fourth-order valence-corrected chi connectivity index (χ4v) is 4.60. The van der Waals surface area contributed by atoms with Crippen molar-refractivity contribution >= 4 is 45.6 Å². The average Bonchev–Trinajstić information content (AvgIpc) is 2.83. The molecule has 1 aromatic heterocycles. The molecule has 7 heteroatoms. The van der Waals surface area contributed by atoms with Crippen molar-refractivity contribution in [2.24, 2.45) is 0 Å². The van der Waals surface area contributed by atoms with Crippen LogP contribution in [0.4, 0.5) is 4.39 Å². The average molecular weight is 473 g/mol. The molecule has 1 fully saturated rings. The third-order valence-corrected chi connectivity index (χ3v) is 6.33. The third-order valence-electron chi connectivity index (χ3n) is 4.27. The van der Waals surface area contributed by atoms with Gasteiger partial charge in [0.05, 0.1) is 16.5 Å². The van der Waals surface area contributed by atoms with Gasteiger partial charge in [-0.25, -0.2) is 4.39 Å². The number of ketones is 1. The highest BCUT2D eigenvalue weighted by molar-refractivity contribution is 14.1. The van der Waals surface area contributed by atoms with Gasteiger partial charge >= 0.3 is 0 Å². The number of carbonyl (C=O) groups excluding carboxylic acids is 2. The van der Waals surface area contributed by atoms with Crippen LogP contribution in [-0.2, 0) is 6.42 Å². The van der Waals surface area contributed by atoms with Crippen molar-refractivity contribution < 1.29 is 19.1 Å². The van der Waals surface area contributed by atoms with E-state index >= 15 is 0 Å². The molecule has 1 aliphatic heterocycles. The topological polar surface area (TPSA) is 57.6 Å². The normalized spacial score (nSPS) is 14.5. The number of β-amino-alcohol motifs (C(OH)–C–C–N with tert-alkyl or cyclic N) is 1. The van der Waals surface area contributed by atoms with E-state index < -0.39 is 6.10 Å². The van der Waals surface area contributed by atoms with Crippen molar-refractivity contribution in [2.75, 3.05) is 13.1 Å². The number of nitrogens with zero attached hydrogens (tertiary/aromatic N) is 1. The van der Waals surface area contributed by atoms with Gasteiger partial charge in [0, 0.05) is 28.0 Å². The monoisotopic (exact) mass is 473 g/mol. The molecule has 0 spiro atoms. The Morgan fingerprint density at radius 1 is 1.40 bits per heavy atom. The van der Waals surface area contributed by atoms with E-state index in [0.717, 1.165) is 3.57 Å². The van der Waals surface area contributed by atoms with Crippen LogP contribution in [0.1, 0.15) is 43.0 Å². The van der Waals surface area contributed by atoms with E-state index in [9.17, 15) is 19.1 Å². The van der Waals surface area contributed by atoms with E-state index in [1.807, 2.05) is 28.7 Å². The molecule has 0 aliphatic carbocycles. The minimum atomic E-state index is -0.493. The molecule has 1 amide bonds. The van der Waals surface area contributed by atoms with Crippen molar-refractivity contribution in [3.63, 3.8) is 0 Å². The smallest absolute Gasteiger partial charge is 0.255 e. The van der Waals surface area contributed by atoms with Crippen LogP contribution in [0.25, 0.3) is 0 Å². The zero-order chi connectivity index (χ0) is 18.3. The second-order valence-corrected chi connectivity index (χ2v) is 8.54. The summed E-state index contributed by atoms with van der Waals surface area (Å²) in [4.78, 5) is 27.5. The Morgan fingerprint density at radius 2 is 2.08 bits per heavy atom. The van der Waals surface area contributed by atoms with E-state index in [-0.39, 0.29) is 23.9 Å². The van der Waals surface area contributed by atoms with Gasteiger partial charge in [0.15, 0.2) is 5.78 Å². The van der Waals surface area contributed by atoms with Crippen LogP contribution in [0.5, 0.6) is 0 Å². The summed E-state index contributed by atoms with van der Waals surface area (Å²) in [5.74, 6) is -0.623. The maximum Gasteiger partial charge on any atom is 0.255 e. The Kier molecular flexibility index (Phi) is 5.26. The Bertz CT molecular complexity index is 858. The lowest BCUT2D eigenvalue weighted by atomic mass is 10.0. The molecule has 0 saturated carbocycles. The molecule has 2 heterocycles. The molecule has 25 heavy (non-hydrogen) atoms. The van der Waals surface area contributed by atoms with Gasteiger partial charge in [0.25, 0.3) is 5.91 Å². The third kappa shape index (κ3) is 3.63. The Hall–Kier alpha value is -1.32. The molecule has 132 valence electrons. The SMILES string of the molecule is CC(=O)c1sc(Cc2ccc(I)cc2F)c(C(=O)N2CC(O)C2)c1C. The Labute approximate surface area is 162 Å². The maximum absolute atomic E-state index is 14.2.